The van der Waals surface area contributed by atoms with Crippen LogP contribution >= 0.6 is 11.3 Å². The van der Waals surface area contributed by atoms with Crippen molar-refractivity contribution in [1.29, 1.82) is 0 Å². The lowest BCUT2D eigenvalue weighted by Gasteiger charge is -2.16. The predicted molar refractivity (Wildman–Crippen MR) is 80.2 cm³/mol. The van der Waals surface area contributed by atoms with Crippen molar-refractivity contribution < 1.29 is 9.90 Å². The average Bonchev–Trinajstić information content (AvgIpc) is 3.15. The first-order valence-corrected chi connectivity index (χ1v) is 7.74. The Morgan fingerprint density at radius 3 is 3.14 bits per heavy atom. The summed E-state index contributed by atoms with van der Waals surface area (Å²) in [6.07, 6.45) is 2.40. The van der Waals surface area contributed by atoms with Crippen LogP contribution in [-0.4, -0.2) is 51.1 Å². The summed E-state index contributed by atoms with van der Waals surface area (Å²) in [7, 11) is 0. The van der Waals surface area contributed by atoms with E-state index in [0.717, 1.165) is 6.54 Å². The summed E-state index contributed by atoms with van der Waals surface area (Å²) in [4.78, 5) is 22.0. The minimum absolute atomic E-state index is 0.231. The molecule has 0 spiro atoms. The number of carbonyl (C=O) groups is 1. The lowest BCUT2D eigenvalue weighted by Crippen LogP contribution is -2.42. The van der Waals surface area contributed by atoms with Crippen molar-refractivity contribution in [2.75, 3.05) is 13.1 Å². The van der Waals surface area contributed by atoms with Gasteiger partial charge in [-0.15, -0.1) is 11.3 Å². The van der Waals surface area contributed by atoms with E-state index in [1.807, 2.05) is 0 Å². The number of nitrogens with one attached hydrogen (secondary N) is 2. The number of rotatable bonds is 4. The van der Waals surface area contributed by atoms with Gasteiger partial charge in [0.05, 0.1) is 24.7 Å². The third kappa shape index (κ3) is 3.15. The highest BCUT2D eigenvalue weighted by molar-refractivity contribution is 7.10. The van der Waals surface area contributed by atoms with Gasteiger partial charge in [0.15, 0.2) is 0 Å². The number of nitrogens with zero attached hydrogens (tertiary/aromatic N) is 2. The van der Waals surface area contributed by atoms with Crippen molar-refractivity contribution in [3.05, 3.63) is 40.1 Å². The van der Waals surface area contributed by atoms with E-state index in [-0.39, 0.29) is 11.9 Å². The second kappa shape index (κ2) is 5.97. The van der Waals surface area contributed by atoms with Crippen LogP contribution in [0.1, 0.15) is 20.9 Å². The molecule has 1 fully saturated rings. The number of carbonyl (C=O) groups excluding carboxylic acids is 1. The largest absolute Gasteiger partial charge is 0.390 e. The number of likely N-dealkylation sites (tertiary alicyclic amines) is 1. The fourth-order valence-corrected chi connectivity index (χ4v) is 3.48. The van der Waals surface area contributed by atoms with Gasteiger partial charge in [-0.05, 0) is 23.9 Å². The molecular formula is C14H18N4O2S. The van der Waals surface area contributed by atoms with Gasteiger partial charge in [0, 0.05) is 24.5 Å². The fourth-order valence-electron chi connectivity index (χ4n) is 2.53. The minimum Gasteiger partial charge on any atom is -0.390 e. The number of imidazole rings is 1. The van der Waals surface area contributed by atoms with Gasteiger partial charge < -0.3 is 15.4 Å². The van der Waals surface area contributed by atoms with E-state index < -0.39 is 6.10 Å². The van der Waals surface area contributed by atoms with Crippen LogP contribution in [-0.2, 0) is 6.54 Å². The number of aryl methyl sites for hydroxylation is 1. The number of H-pyrrole nitrogens is 1. The van der Waals surface area contributed by atoms with Crippen LogP contribution in [0.2, 0.25) is 0 Å². The van der Waals surface area contributed by atoms with Gasteiger partial charge in [0.2, 0.25) is 0 Å². The molecule has 0 unspecified atom stereocenters. The van der Waals surface area contributed by atoms with Crippen molar-refractivity contribution in [3.8, 4) is 0 Å². The molecule has 0 radical (unpaired) electrons. The maximum atomic E-state index is 12.0. The van der Waals surface area contributed by atoms with Crippen molar-refractivity contribution >= 4 is 17.2 Å². The SMILES string of the molecule is Cc1ccsc1CN1C[C@@H](O)[C@H](NC(=O)c2cnc[nH]2)C1. The first-order chi connectivity index (χ1) is 10.1. The van der Waals surface area contributed by atoms with Gasteiger partial charge in [0.25, 0.3) is 5.91 Å². The average molecular weight is 306 g/mol. The Labute approximate surface area is 126 Å². The molecule has 1 aliphatic rings. The van der Waals surface area contributed by atoms with E-state index in [4.69, 9.17) is 0 Å². The number of amides is 1. The van der Waals surface area contributed by atoms with E-state index >= 15 is 0 Å². The maximum Gasteiger partial charge on any atom is 0.269 e. The molecule has 112 valence electrons. The zero-order valence-electron chi connectivity index (χ0n) is 11.7. The summed E-state index contributed by atoms with van der Waals surface area (Å²) in [5.74, 6) is -0.231. The number of thiophene rings is 1. The second-order valence-electron chi connectivity index (χ2n) is 5.33. The highest BCUT2D eigenvalue weighted by Crippen LogP contribution is 2.21. The monoisotopic (exact) mass is 306 g/mol. The Bertz CT molecular complexity index is 610. The van der Waals surface area contributed by atoms with Gasteiger partial charge in [-0.1, -0.05) is 0 Å². The molecule has 3 rings (SSSR count). The number of aliphatic hydroxyl groups excluding tert-OH is 1. The smallest absolute Gasteiger partial charge is 0.269 e. The fraction of sp³-hybridized carbons (Fsp3) is 0.429. The van der Waals surface area contributed by atoms with Gasteiger partial charge in [0.1, 0.15) is 5.69 Å². The molecule has 1 saturated heterocycles. The molecule has 3 heterocycles. The van der Waals surface area contributed by atoms with E-state index in [2.05, 4.69) is 38.6 Å². The second-order valence-corrected chi connectivity index (χ2v) is 6.33. The van der Waals surface area contributed by atoms with Crippen LogP contribution in [0, 0.1) is 6.92 Å². The number of hydrogen-bond donors (Lipinski definition) is 3. The molecule has 0 aliphatic carbocycles. The van der Waals surface area contributed by atoms with E-state index in [1.165, 1.54) is 23.0 Å². The first-order valence-electron chi connectivity index (χ1n) is 6.86. The highest BCUT2D eigenvalue weighted by atomic mass is 32.1. The normalized spacial score (nSPS) is 22.6. The van der Waals surface area contributed by atoms with Gasteiger partial charge in [-0.3, -0.25) is 9.69 Å². The third-order valence-corrected chi connectivity index (χ3v) is 4.77. The zero-order valence-corrected chi connectivity index (χ0v) is 12.6. The molecule has 0 aromatic carbocycles. The topological polar surface area (TPSA) is 81.2 Å². The highest BCUT2D eigenvalue weighted by Gasteiger charge is 2.32. The van der Waals surface area contributed by atoms with Crippen LogP contribution in [0.4, 0.5) is 0 Å². The number of aliphatic hydroxyl groups is 1. The summed E-state index contributed by atoms with van der Waals surface area (Å²) in [6.45, 7) is 4.14. The molecule has 7 heteroatoms. The third-order valence-electron chi connectivity index (χ3n) is 3.76. The Morgan fingerprint density at radius 2 is 2.48 bits per heavy atom. The maximum absolute atomic E-state index is 12.0. The van der Waals surface area contributed by atoms with E-state index in [0.29, 0.717) is 18.8 Å². The number of aromatic nitrogens is 2. The van der Waals surface area contributed by atoms with Crippen molar-refractivity contribution in [2.45, 2.75) is 25.6 Å². The van der Waals surface area contributed by atoms with Crippen molar-refractivity contribution in [1.82, 2.24) is 20.2 Å². The van der Waals surface area contributed by atoms with Crippen molar-refractivity contribution in [3.63, 3.8) is 0 Å². The Hall–Kier alpha value is -1.70. The summed E-state index contributed by atoms with van der Waals surface area (Å²) in [5, 5.41) is 15.1. The lowest BCUT2D eigenvalue weighted by atomic mass is 10.2. The molecule has 1 amide bonds. The summed E-state index contributed by atoms with van der Waals surface area (Å²) in [6, 6.07) is 1.85. The minimum atomic E-state index is -0.544. The van der Waals surface area contributed by atoms with Gasteiger partial charge >= 0.3 is 0 Å². The summed E-state index contributed by atoms with van der Waals surface area (Å²) in [5.41, 5.74) is 1.69. The zero-order chi connectivity index (χ0) is 14.8. The van der Waals surface area contributed by atoms with E-state index in [1.54, 1.807) is 11.3 Å². The Balaban J connectivity index is 1.58. The standard InChI is InChI=1S/C14H18N4O2S/c1-9-2-3-21-13(9)7-18-5-11(12(19)6-18)17-14(20)10-4-15-8-16-10/h2-4,8,11-12,19H,5-7H2,1H3,(H,15,16)(H,17,20)/t11-,12-/m1/s1. The van der Waals surface area contributed by atoms with Gasteiger partial charge in [-0.25, -0.2) is 4.98 Å². The van der Waals surface area contributed by atoms with Gasteiger partial charge in [-0.2, -0.15) is 0 Å². The number of β-amino-alcohol motifs (C(OH)–C–C–N with tert-alkyl or cyclic N) is 1. The Kier molecular flexibility index (Phi) is 4.05. The Morgan fingerprint density at radius 1 is 1.62 bits per heavy atom. The predicted octanol–water partition coefficient (Wildman–Crippen LogP) is 0.755. The summed E-state index contributed by atoms with van der Waals surface area (Å²) >= 11 is 1.73. The summed E-state index contributed by atoms with van der Waals surface area (Å²) < 4.78 is 0. The van der Waals surface area contributed by atoms with Crippen LogP contribution in [0.3, 0.4) is 0 Å². The van der Waals surface area contributed by atoms with Crippen LogP contribution in [0.5, 0.6) is 0 Å². The van der Waals surface area contributed by atoms with E-state index in [9.17, 15) is 9.90 Å². The molecule has 6 nitrogen and oxygen atoms in total. The molecular weight excluding hydrogens is 288 g/mol. The number of aromatic amines is 1. The molecule has 3 N–H and O–H groups in total. The van der Waals surface area contributed by atoms with Crippen LogP contribution < -0.4 is 5.32 Å². The molecule has 2 atom stereocenters. The molecule has 0 saturated carbocycles. The molecule has 1 aliphatic heterocycles. The lowest BCUT2D eigenvalue weighted by molar-refractivity contribution is 0.0884. The first kappa shape index (κ1) is 14.2. The molecule has 21 heavy (non-hydrogen) atoms. The van der Waals surface area contributed by atoms with Crippen LogP contribution in [0.15, 0.2) is 24.0 Å². The molecule has 0 bridgehead atoms. The van der Waals surface area contributed by atoms with Crippen molar-refractivity contribution in [2.24, 2.45) is 0 Å². The molecule has 2 aromatic rings. The number of hydrogen-bond acceptors (Lipinski definition) is 5. The van der Waals surface area contributed by atoms with Crippen LogP contribution in [0.25, 0.3) is 0 Å². The molecule has 2 aromatic heterocycles. The quantitative estimate of drug-likeness (QED) is 0.779.